The summed E-state index contributed by atoms with van der Waals surface area (Å²) in [5, 5.41) is 10.3. The molecule has 4 aliphatic rings. The molecule has 0 aromatic carbocycles. The number of fused-ring (bicyclic) bond motifs is 5. The Morgan fingerprint density at radius 1 is 1.03 bits per heavy atom. The lowest BCUT2D eigenvalue weighted by Gasteiger charge is -2.60. The van der Waals surface area contributed by atoms with Gasteiger partial charge >= 0.3 is 0 Å². The molecular weight excluding hydrogens is 368 g/mol. The molecule has 3 fully saturated rings. The van der Waals surface area contributed by atoms with E-state index in [1.165, 1.54) is 50.5 Å². The van der Waals surface area contributed by atoms with Crippen molar-refractivity contribution in [2.45, 2.75) is 111 Å². The number of ether oxygens (including phenoxy) is 1. The van der Waals surface area contributed by atoms with E-state index in [4.69, 9.17) is 4.74 Å². The topological polar surface area (TPSA) is 29.5 Å². The average molecular weight is 417 g/mol. The van der Waals surface area contributed by atoms with Crippen LogP contribution in [-0.4, -0.2) is 24.4 Å². The van der Waals surface area contributed by atoms with Crippen LogP contribution in [0, 0.1) is 46.3 Å². The Balaban J connectivity index is 1.56. The van der Waals surface area contributed by atoms with Gasteiger partial charge in [0.25, 0.3) is 0 Å². The Kier molecular flexibility index (Phi) is 6.50. The minimum absolute atomic E-state index is 0.144. The lowest BCUT2D eigenvalue weighted by molar-refractivity contribution is -0.106. The van der Waals surface area contributed by atoms with Gasteiger partial charge in [0, 0.05) is 7.11 Å². The van der Waals surface area contributed by atoms with E-state index in [-0.39, 0.29) is 12.2 Å². The zero-order valence-electron chi connectivity index (χ0n) is 20.6. The van der Waals surface area contributed by atoms with E-state index < -0.39 is 0 Å². The third-order valence-electron chi connectivity index (χ3n) is 10.6. The molecule has 0 amide bonds. The molecule has 0 unspecified atom stereocenters. The summed E-state index contributed by atoms with van der Waals surface area (Å²) in [4.78, 5) is 0. The summed E-state index contributed by atoms with van der Waals surface area (Å²) in [6.07, 6.45) is 15.4. The molecule has 30 heavy (non-hydrogen) atoms. The molecule has 0 aliphatic heterocycles. The molecule has 172 valence electrons. The Hall–Kier alpha value is -0.340. The minimum atomic E-state index is -0.144. The third-order valence-corrected chi connectivity index (χ3v) is 10.6. The van der Waals surface area contributed by atoms with Crippen LogP contribution in [0.4, 0.5) is 0 Å². The van der Waals surface area contributed by atoms with E-state index in [1.807, 2.05) is 7.11 Å². The van der Waals surface area contributed by atoms with E-state index in [2.05, 4.69) is 40.7 Å². The van der Waals surface area contributed by atoms with Crippen LogP contribution in [0.3, 0.4) is 0 Å². The molecule has 4 aliphatic carbocycles. The summed E-state index contributed by atoms with van der Waals surface area (Å²) in [6.45, 7) is 12.5. The maximum atomic E-state index is 10.3. The van der Waals surface area contributed by atoms with E-state index in [1.54, 1.807) is 0 Å². The summed E-state index contributed by atoms with van der Waals surface area (Å²) < 4.78 is 6.17. The molecule has 0 heterocycles. The normalized spacial score (nSPS) is 46.7. The van der Waals surface area contributed by atoms with E-state index in [0.29, 0.717) is 16.7 Å². The van der Waals surface area contributed by atoms with Crippen molar-refractivity contribution in [1.29, 1.82) is 0 Å². The fourth-order valence-electron chi connectivity index (χ4n) is 8.85. The first-order valence-electron chi connectivity index (χ1n) is 13.1. The van der Waals surface area contributed by atoms with Gasteiger partial charge in [0.2, 0.25) is 0 Å². The van der Waals surface area contributed by atoms with Gasteiger partial charge < -0.3 is 9.84 Å². The number of hydrogen-bond acceptors (Lipinski definition) is 2. The monoisotopic (exact) mass is 416 g/mol. The minimum Gasteiger partial charge on any atom is -0.393 e. The highest BCUT2D eigenvalue weighted by atomic mass is 16.5. The number of rotatable bonds is 6. The quantitative estimate of drug-likeness (QED) is 0.472. The Labute approximate surface area is 186 Å². The maximum Gasteiger partial charge on any atom is 0.0788 e. The first-order valence-corrected chi connectivity index (χ1v) is 13.1. The highest BCUT2D eigenvalue weighted by Crippen LogP contribution is 2.67. The van der Waals surface area contributed by atoms with Gasteiger partial charge in [-0.15, -0.1) is 0 Å². The van der Waals surface area contributed by atoms with Crippen LogP contribution in [0.1, 0.15) is 98.8 Å². The fraction of sp³-hybridized carbons (Fsp3) is 0.929. The summed E-state index contributed by atoms with van der Waals surface area (Å²) in [5.41, 5.74) is 2.29. The molecule has 9 atom stereocenters. The van der Waals surface area contributed by atoms with Crippen LogP contribution in [0.15, 0.2) is 11.6 Å². The highest BCUT2D eigenvalue weighted by molar-refractivity contribution is 5.28. The molecule has 3 saturated carbocycles. The summed E-state index contributed by atoms with van der Waals surface area (Å²) >= 11 is 0. The second-order valence-electron chi connectivity index (χ2n) is 12.5. The second kappa shape index (κ2) is 8.54. The van der Waals surface area contributed by atoms with Gasteiger partial charge in [0.05, 0.1) is 12.2 Å². The van der Waals surface area contributed by atoms with E-state index >= 15 is 0 Å². The van der Waals surface area contributed by atoms with Crippen molar-refractivity contribution < 1.29 is 9.84 Å². The molecule has 0 aromatic rings. The predicted octanol–water partition coefficient (Wildman–Crippen LogP) is 7.01. The third kappa shape index (κ3) is 3.72. The van der Waals surface area contributed by atoms with Gasteiger partial charge in [-0.1, -0.05) is 65.5 Å². The van der Waals surface area contributed by atoms with Crippen molar-refractivity contribution in [3.8, 4) is 0 Å². The van der Waals surface area contributed by atoms with Crippen molar-refractivity contribution in [2.24, 2.45) is 46.3 Å². The Bertz CT molecular complexity index is 639. The van der Waals surface area contributed by atoms with Gasteiger partial charge in [0.1, 0.15) is 0 Å². The van der Waals surface area contributed by atoms with E-state index in [9.17, 15) is 5.11 Å². The molecule has 4 rings (SSSR count). The molecule has 0 radical (unpaired) electrons. The first-order chi connectivity index (χ1) is 14.2. The molecule has 1 N–H and O–H groups in total. The molecule has 0 aromatic heterocycles. The SMILES string of the molecule is CO[C@@H]1C=C2C[C@@H](O)CC[C@]2(C)[C@@H]2CC[C@@]3(C)[C@H](CC[C@H]3[C@H](C)CCCC(C)C)[C@H]21. The van der Waals surface area contributed by atoms with Crippen molar-refractivity contribution in [1.82, 2.24) is 0 Å². The smallest absolute Gasteiger partial charge is 0.0788 e. The van der Waals surface area contributed by atoms with Crippen LogP contribution >= 0.6 is 0 Å². The average Bonchev–Trinajstić information content (AvgIpc) is 3.05. The van der Waals surface area contributed by atoms with Crippen LogP contribution in [0.25, 0.3) is 0 Å². The lowest BCUT2D eigenvalue weighted by Crippen LogP contribution is -2.55. The van der Waals surface area contributed by atoms with Gasteiger partial charge in [-0.2, -0.15) is 0 Å². The molecule has 0 saturated heterocycles. The molecule has 0 bridgehead atoms. The summed E-state index contributed by atoms with van der Waals surface area (Å²) in [6, 6.07) is 0. The second-order valence-corrected chi connectivity index (χ2v) is 12.5. The lowest BCUT2D eigenvalue weighted by atomic mass is 9.46. The molecule has 2 heteroatoms. The molecular formula is C28H48O2. The predicted molar refractivity (Wildman–Crippen MR) is 125 cm³/mol. The van der Waals surface area contributed by atoms with Crippen LogP contribution in [0.5, 0.6) is 0 Å². The van der Waals surface area contributed by atoms with Crippen molar-refractivity contribution in [2.75, 3.05) is 7.11 Å². The van der Waals surface area contributed by atoms with Gasteiger partial charge in [-0.25, -0.2) is 0 Å². The zero-order valence-corrected chi connectivity index (χ0v) is 20.6. The van der Waals surface area contributed by atoms with Crippen molar-refractivity contribution in [3.63, 3.8) is 0 Å². The fourth-order valence-corrected chi connectivity index (χ4v) is 8.85. The van der Waals surface area contributed by atoms with Crippen LogP contribution in [-0.2, 0) is 4.74 Å². The number of hydrogen-bond donors (Lipinski definition) is 1. The van der Waals surface area contributed by atoms with Gasteiger partial charge in [-0.3, -0.25) is 0 Å². The van der Waals surface area contributed by atoms with Gasteiger partial charge in [0.15, 0.2) is 0 Å². The molecule has 2 nitrogen and oxygen atoms in total. The summed E-state index contributed by atoms with van der Waals surface area (Å²) in [7, 11) is 1.92. The van der Waals surface area contributed by atoms with Crippen LogP contribution < -0.4 is 0 Å². The first kappa shape index (κ1) is 22.8. The Morgan fingerprint density at radius 3 is 2.50 bits per heavy atom. The van der Waals surface area contributed by atoms with Gasteiger partial charge in [-0.05, 0) is 91.3 Å². The van der Waals surface area contributed by atoms with Crippen LogP contribution in [0.2, 0.25) is 0 Å². The Morgan fingerprint density at radius 2 is 1.80 bits per heavy atom. The number of aliphatic hydroxyl groups excluding tert-OH is 1. The van der Waals surface area contributed by atoms with Crippen molar-refractivity contribution >= 4 is 0 Å². The zero-order chi connectivity index (χ0) is 21.7. The van der Waals surface area contributed by atoms with E-state index in [0.717, 1.165) is 48.9 Å². The number of aliphatic hydroxyl groups is 1. The van der Waals surface area contributed by atoms with Crippen molar-refractivity contribution in [3.05, 3.63) is 11.6 Å². The highest BCUT2D eigenvalue weighted by Gasteiger charge is 2.61. The number of methoxy groups -OCH3 is 1. The standard InChI is InChI=1S/C28H48O2/c1-18(2)8-7-9-19(3)22-10-11-23-26-24(13-15-28(22,23)5)27(4)14-12-21(29)16-20(27)17-25(26)30-6/h17-19,21-26,29H,7-16H2,1-6H3/t19-,21+,22+,23-,24-,25-,26-,27+,28-/m1/s1. The summed E-state index contributed by atoms with van der Waals surface area (Å²) in [5.74, 6) is 4.79. The largest absolute Gasteiger partial charge is 0.393 e. The maximum absolute atomic E-state index is 10.3. The molecule has 0 spiro atoms.